The van der Waals surface area contributed by atoms with Gasteiger partial charge in [0.25, 0.3) is 0 Å². The van der Waals surface area contributed by atoms with Gasteiger partial charge in [-0.25, -0.2) is 13.2 Å². The summed E-state index contributed by atoms with van der Waals surface area (Å²) in [5.41, 5.74) is 0.155. The van der Waals surface area contributed by atoms with E-state index in [4.69, 9.17) is 9.84 Å². The van der Waals surface area contributed by atoms with Crippen molar-refractivity contribution in [2.45, 2.75) is 31.3 Å². The lowest BCUT2D eigenvalue weighted by Crippen LogP contribution is -2.63. The van der Waals surface area contributed by atoms with Crippen LogP contribution in [-0.4, -0.2) is 59.3 Å². The average molecular weight is 303 g/mol. The summed E-state index contributed by atoms with van der Waals surface area (Å²) < 4.78 is 31.3. The van der Waals surface area contributed by atoms with Crippen molar-refractivity contribution in [2.75, 3.05) is 19.7 Å². The standard InChI is InChI=1S/C11H17N3O5S/c1-7-10(8(2)13-12-7)20(17,18)14-5-11(3,6-14)19-4-9(15)16/h4-6H2,1-3H3,(H,12,13)(H,15,16). The summed E-state index contributed by atoms with van der Waals surface area (Å²) in [6, 6.07) is 0. The zero-order valence-electron chi connectivity index (χ0n) is 11.5. The first-order chi connectivity index (χ1) is 9.16. The van der Waals surface area contributed by atoms with E-state index in [0.29, 0.717) is 11.4 Å². The molecule has 0 bridgehead atoms. The second-order valence-electron chi connectivity index (χ2n) is 5.17. The van der Waals surface area contributed by atoms with Crippen LogP contribution in [-0.2, 0) is 19.6 Å². The van der Waals surface area contributed by atoms with Gasteiger partial charge >= 0.3 is 5.97 Å². The van der Waals surface area contributed by atoms with Crippen LogP contribution in [0.25, 0.3) is 0 Å². The monoisotopic (exact) mass is 303 g/mol. The van der Waals surface area contributed by atoms with Crippen LogP contribution in [0.4, 0.5) is 0 Å². The fourth-order valence-corrected chi connectivity index (χ4v) is 4.24. The number of hydrogen-bond donors (Lipinski definition) is 2. The molecule has 1 fully saturated rings. The molecule has 0 aromatic carbocycles. The second-order valence-corrected chi connectivity index (χ2v) is 7.04. The third-order valence-electron chi connectivity index (χ3n) is 3.22. The van der Waals surface area contributed by atoms with Crippen molar-refractivity contribution in [2.24, 2.45) is 0 Å². The van der Waals surface area contributed by atoms with Gasteiger partial charge in [0.05, 0.1) is 17.0 Å². The first-order valence-corrected chi connectivity index (χ1v) is 7.47. The van der Waals surface area contributed by atoms with Crippen molar-refractivity contribution in [3.05, 3.63) is 11.4 Å². The number of aryl methyl sites for hydroxylation is 2. The van der Waals surface area contributed by atoms with E-state index in [1.807, 2.05) is 0 Å². The fourth-order valence-electron chi connectivity index (χ4n) is 2.25. The van der Waals surface area contributed by atoms with Gasteiger partial charge < -0.3 is 9.84 Å². The van der Waals surface area contributed by atoms with Crippen molar-refractivity contribution >= 4 is 16.0 Å². The molecule has 2 rings (SSSR count). The molecule has 1 saturated heterocycles. The number of carboxylic acid groups (broad SMARTS) is 1. The molecule has 9 heteroatoms. The van der Waals surface area contributed by atoms with Crippen LogP contribution >= 0.6 is 0 Å². The molecule has 1 aromatic heterocycles. The van der Waals surface area contributed by atoms with Crippen LogP contribution in [0.3, 0.4) is 0 Å². The Kier molecular flexibility index (Phi) is 3.61. The number of H-pyrrole nitrogens is 1. The molecule has 0 spiro atoms. The molecule has 0 unspecified atom stereocenters. The Morgan fingerprint density at radius 1 is 1.50 bits per heavy atom. The number of aromatic amines is 1. The lowest BCUT2D eigenvalue weighted by atomic mass is 10.0. The predicted molar refractivity (Wildman–Crippen MR) is 68.8 cm³/mol. The number of hydrogen-bond acceptors (Lipinski definition) is 5. The van der Waals surface area contributed by atoms with Gasteiger partial charge in [0.1, 0.15) is 11.5 Å². The highest BCUT2D eigenvalue weighted by Gasteiger charge is 2.47. The van der Waals surface area contributed by atoms with Crippen LogP contribution in [0.1, 0.15) is 18.3 Å². The zero-order chi connectivity index (χ0) is 15.1. The summed E-state index contributed by atoms with van der Waals surface area (Å²) in [5.74, 6) is -1.07. The minimum Gasteiger partial charge on any atom is -0.480 e. The largest absolute Gasteiger partial charge is 0.480 e. The lowest BCUT2D eigenvalue weighted by Gasteiger charge is -2.46. The molecule has 0 atom stereocenters. The van der Waals surface area contributed by atoms with E-state index >= 15 is 0 Å². The summed E-state index contributed by atoms with van der Waals surface area (Å²) >= 11 is 0. The fraction of sp³-hybridized carbons (Fsp3) is 0.636. The average Bonchev–Trinajstić information content (AvgIpc) is 2.63. The zero-order valence-corrected chi connectivity index (χ0v) is 12.3. The maximum Gasteiger partial charge on any atom is 0.329 e. The highest BCUT2D eigenvalue weighted by atomic mass is 32.2. The molecule has 8 nitrogen and oxygen atoms in total. The highest BCUT2D eigenvalue weighted by molar-refractivity contribution is 7.89. The second kappa shape index (κ2) is 4.83. The van der Waals surface area contributed by atoms with E-state index in [2.05, 4.69) is 10.2 Å². The van der Waals surface area contributed by atoms with Crippen LogP contribution in [0.2, 0.25) is 0 Å². The van der Waals surface area contributed by atoms with Crippen molar-refractivity contribution in [1.29, 1.82) is 0 Å². The van der Waals surface area contributed by atoms with Gasteiger partial charge in [-0.2, -0.15) is 9.40 Å². The SMILES string of the molecule is Cc1n[nH]c(C)c1S(=O)(=O)N1CC(C)(OCC(=O)O)C1. The smallest absolute Gasteiger partial charge is 0.329 e. The summed E-state index contributed by atoms with van der Waals surface area (Å²) in [4.78, 5) is 10.6. The molecule has 1 aliphatic rings. The summed E-state index contributed by atoms with van der Waals surface area (Å²) in [6.45, 7) is 4.79. The Labute approximate surface area is 116 Å². The van der Waals surface area contributed by atoms with E-state index in [1.54, 1.807) is 20.8 Å². The summed E-state index contributed by atoms with van der Waals surface area (Å²) in [5, 5.41) is 15.1. The number of aliphatic carboxylic acids is 1. The number of nitrogens with one attached hydrogen (secondary N) is 1. The summed E-state index contributed by atoms with van der Waals surface area (Å²) in [6.07, 6.45) is 0. The van der Waals surface area contributed by atoms with E-state index in [1.165, 1.54) is 4.31 Å². The molecule has 1 aromatic rings. The molecule has 0 radical (unpaired) electrons. The van der Waals surface area contributed by atoms with Crippen LogP contribution in [0.5, 0.6) is 0 Å². The number of rotatable bonds is 5. The van der Waals surface area contributed by atoms with Gasteiger partial charge in [0.15, 0.2) is 0 Å². The molecule has 2 heterocycles. The molecule has 0 saturated carbocycles. The molecule has 0 aliphatic carbocycles. The Morgan fingerprint density at radius 2 is 2.10 bits per heavy atom. The molecule has 1 aliphatic heterocycles. The molecule has 20 heavy (non-hydrogen) atoms. The Balaban J connectivity index is 2.10. The number of carboxylic acids is 1. The molecule has 112 valence electrons. The lowest BCUT2D eigenvalue weighted by molar-refractivity contribution is -0.157. The number of aromatic nitrogens is 2. The van der Waals surface area contributed by atoms with Crippen molar-refractivity contribution in [3.8, 4) is 0 Å². The number of nitrogens with zero attached hydrogens (tertiary/aromatic N) is 2. The first-order valence-electron chi connectivity index (χ1n) is 6.03. The maximum absolute atomic E-state index is 12.4. The van der Waals surface area contributed by atoms with Crippen molar-refractivity contribution < 1.29 is 23.1 Å². The predicted octanol–water partition coefficient (Wildman–Crippen LogP) is -0.109. The van der Waals surface area contributed by atoms with Gasteiger partial charge in [-0.3, -0.25) is 5.10 Å². The van der Waals surface area contributed by atoms with Gasteiger partial charge in [0, 0.05) is 13.1 Å². The molecule has 0 amide bonds. The highest BCUT2D eigenvalue weighted by Crippen LogP contribution is 2.32. The Bertz CT molecular complexity index is 611. The Hall–Kier alpha value is -1.45. The number of ether oxygens (including phenoxy) is 1. The summed E-state index contributed by atoms with van der Waals surface area (Å²) in [7, 11) is -3.62. The number of carbonyl (C=O) groups is 1. The molecular weight excluding hydrogens is 286 g/mol. The number of sulfonamides is 1. The van der Waals surface area contributed by atoms with Crippen molar-refractivity contribution in [3.63, 3.8) is 0 Å². The van der Waals surface area contributed by atoms with E-state index in [-0.39, 0.29) is 18.0 Å². The normalized spacial score (nSPS) is 18.8. The molecule has 2 N–H and O–H groups in total. The third kappa shape index (κ3) is 2.56. The van der Waals surface area contributed by atoms with Crippen LogP contribution in [0.15, 0.2) is 4.90 Å². The van der Waals surface area contributed by atoms with E-state index in [0.717, 1.165) is 0 Å². The van der Waals surface area contributed by atoms with E-state index < -0.39 is 28.2 Å². The minimum atomic E-state index is -3.62. The van der Waals surface area contributed by atoms with Gasteiger partial charge in [-0.05, 0) is 20.8 Å². The van der Waals surface area contributed by atoms with Gasteiger partial charge in [-0.1, -0.05) is 0 Å². The minimum absolute atomic E-state index is 0.132. The van der Waals surface area contributed by atoms with Gasteiger partial charge in [0.2, 0.25) is 10.0 Å². The van der Waals surface area contributed by atoms with Crippen LogP contribution < -0.4 is 0 Å². The first kappa shape index (κ1) is 14.9. The Morgan fingerprint density at radius 3 is 2.55 bits per heavy atom. The molecular formula is C11H17N3O5S. The topological polar surface area (TPSA) is 113 Å². The van der Waals surface area contributed by atoms with Crippen LogP contribution in [0, 0.1) is 13.8 Å². The van der Waals surface area contributed by atoms with Gasteiger partial charge in [-0.15, -0.1) is 0 Å². The maximum atomic E-state index is 12.4. The van der Waals surface area contributed by atoms with E-state index in [9.17, 15) is 13.2 Å². The third-order valence-corrected chi connectivity index (χ3v) is 5.28. The quantitative estimate of drug-likeness (QED) is 0.785. The van der Waals surface area contributed by atoms with Crippen molar-refractivity contribution in [1.82, 2.24) is 14.5 Å².